The van der Waals surface area contributed by atoms with E-state index in [4.69, 9.17) is 9.84 Å². The molecule has 4 rings (SSSR count). The Bertz CT molecular complexity index is 1000. The van der Waals surface area contributed by atoms with Crippen LogP contribution in [0.2, 0.25) is 0 Å². The second-order valence-corrected chi connectivity index (χ2v) is 6.76. The van der Waals surface area contributed by atoms with Gasteiger partial charge in [0.2, 0.25) is 0 Å². The normalized spacial score (nSPS) is 16.4. The van der Waals surface area contributed by atoms with E-state index in [1.165, 1.54) is 11.2 Å². The van der Waals surface area contributed by atoms with Crippen molar-refractivity contribution in [3.05, 3.63) is 66.8 Å². The van der Waals surface area contributed by atoms with Crippen LogP contribution in [0.25, 0.3) is 11.3 Å². The van der Waals surface area contributed by atoms with Crippen molar-refractivity contribution in [3.8, 4) is 11.4 Å². The van der Waals surface area contributed by atoms with Gasteiger partial charge in [-0.05, 0) is 29.8 Å². The molecule has 0 radical (unpaired) electrons. The highest BCUT2D eigenvalue weighted by molar-refractivity contribution is 5.70. The van der Waals surface area contributed by atoms with Crippen molar-refractivity contribution in [2.24, 2.45) is 5.92 Å². The van der Waals surface area contributed by atoms with Crippen LogP contribution in [0.1, 0.15) is 18.3 Å². The first kappa shape index (κ1) is 18.6. The number of benzene rings is 1. The molecule has 1 unspecified atom stereocenters. The third kappa shape index (κ3) is 4.23. The third-order valence-electron chi connectivity index (χ3n) is 4.74. The van der Waals surface area contributed by atoms with Gasteiger partial charge >= 0.3 is 6.09 Å². The molecule has 3 heterocycles. The number of amides is 1. The SMILES string of the molecule is CC1CN(C(=O)O)CC=C1c1cnc(COc2ccc(-n3cncn3)cc2)cn1. The zero-order valence-corrected chi connectivity index (χ0v) is 15.8. The largest absolute Gasteiger partial charge is 0.487 e. The minimum absolute atomic E-state index is 0.0692. The van der Waals surface area contributed by atoms with Crippen molar-refractivity contribution < 1.29 is 14.6 Å². The molecule has 1 aliphatic heterocycles. The molecule has 9 heteroatoms. The zero-order valence-electron chi connectivity index (χ0n) is 15.8. The van der Waals surface area contributed by atoms with Gasteiger partial charge in [0.25, 0.3) is 0 Å². The van der Waals surface area contributed by atoms with Gasteiger partial charge in [0.05, 0.1) is 29.5 Å². The summed E-state index contributed by atoms with van der Waals surface area (Å²) in [5.74, 6) is 0.789. The maximum atomic E-state index is 11.1. The predicted octanol–water partition coefficient (Wildman–Crippen LogP) is 2.65. The number of nitrogens with zero attached hydrogens (tertiary/aromatic N) is 6. The van der Waals surface area contributed by atoms with E-state index in [0.717, 1.165) is 22.7 Å². The molecular formula is C20H20N6O3. The van der Waals surface area contributed by atoms with Gasteiger partial charge in [0.1, 0.15) is 25.0 Å². The summed E-state index contributed by atoms with van der Waals surface area (Å²) >= 11 is 0. The van der Waals surface area contributed by atoms with Crippen molar-refractivity contribution >= 4 is 11.7 Å². The van der Waals surface area contributed by atoms with E-state index in [0.29, 0.717) is 25.4 Å². The Morgan fingerprint density at radius 3 is 2.69 bits per heavy atom. The quantitative estimate of drug-likeness (QED) is 0.711. The van der Waals surface area contributed by atoms with Crippen molar-refractivity contribution in [2.75, 3.05) is 13.1 Å². The Hall–Kier alpha value is -3.75. The fraction of sp³-hybridized carbons (Fsp3) is 0.250. The second-order valence-electron chi connectivity index (χ2n) is 6.76. The number of carbonyl (C=O) groups is 1. The highest BCUT2D eigenvalue weighted by Gasteiger charge is 2.23. The van der Waals surface area contributed by atoms with E-state index in [1.807, 2.05) is 37.3 Å². The van der Waals surface area contributed by atoms with E-state index in [-0.39, 0.29) is 5.92 Å². The third-order valence-corrected chi connectivity index (χ3v) is 4.74. The minimum atomic E-state index is -0.903. The Kier molecular flexibility index (Phi) is 5.19. The fourth-order valence-corrected chi connectivity index (χ4v) is 3.20. The topological polar surface area (TPSA) is 106 Å². The van der Waals surface area contributed by atoms with Gasteiger partial charge in [-0.3, -0.25) is 9.97 Å². The summed E-state index contributed by atoms with van der Waals surface area (Å²) in [6.45, 7) is 3.12. The first-order valence-electron chi connectivity index (χ1n) is 9.17. The van der Waals surface area contributed by atoms with E-state index in [1.54, 1.807) is 23.4 Å². The van der Waals surface area contributed by atoms with Crippen LogP contribution >= 0.6 is 0 Å². The van der Waals surface area contributed by atoms with Gasteiger partial charge in [-0.15, -0.1) is 0 Å². The molecule has 3 aromatic rings. The van der Waals surface area contributed by atoms with Gasteiger partial charge in [-0.2, -0.15) is 5.10 Å². The number of aromatic nitrogens is 5. The Morgan fingerprint density at radius 2 is 2.07 bits per heavy atom. The maximum Gasteiger partial charge on any atom is 0.407 e. The Balaban J connectivity index is 1.37. The average Bonchev–Trinajstić information content (AvgIpc) is 3.28. The van der Waals surface area contributed by atoms with Gasteiger partial charge in [0.15, 0.2) is 0 Å². The lowest BCUT2D eigenvalue weighted by atomic mass is 9.94. The predicted molar refractivity (Wildman–Crippen MR) is 104 cm³/mol. The summed E-state index contributed by atoms with van der Waals surface area (Å²) in [4.78, 5) is 25.3. The summed E-state index contributed by atoms with van der Waals surface area (Å²) < 4.78 is 7.45. The van der Waals surface area contributed by atoms with E-state index in [2.05, 4.69) is 20.1 Å². The summed E-state index contributed by atoms with van der Waals surface area (Å²) in [5.41, 5.74) is 3.40. The summed E-state index contributed by atoms with van der Waals surface area (Å²) in [6.07, 6.45) is 7.52. The first-order valence-corrected chi connectivity index (χ1v) is 9.17. The Morgan fingerprint density at radius 1 is 1.24 bits per heavy atom. The molecule has 9 nitrogen and oxygen atoms in total. The standard InChI is InChI=1S/C20H20N6O3/c1-14-10-25(20(27)28)7-6-18(14)19-9-22-15(8-23-19)11-29-17-4-2-16(3-5-17)26-13-21-12-24-26/h2-6,8-9,12-14H,7,10-11H2,1H3,(H,27,28). The lowest BCUT2D eigenvalue weighted by molar-refractivity contribution is 0.145. The molecule has 1 atom stereocenters. The van der Waals surface area contributed by atoms with E-state index in [9.17, 15) is 4.79 Å². The molecule has 1 aromatic carbocycles. The molecule has 29 heavy (non-hydrogen) atoms. The Labute approximate surface area is 167 Å². The molecule has 1 amide bonds. The van der Waals surface area contributed by atoms with Crippen LogP contribution < -0.4 is 4.74 Å². The van der Waals surface area contributed by atoms with Gasteiger partial charge in [0, 0.05) is 19.0 Å². The van der Waals surface area contributed by atoms with Crippen LogP contribution in [-0.4, -0.2) is 53.9 Å². The van der Waals surface area contributed by atoms with Crippen LogP contribution in [0, 0.1) is 5.92 Å². The van der Waals surface area contributed by atoms with Crippen LogP contribution in [-0.2, 0) is 6.61 Å². The van der Waals surface area contributed by atoms with Crippen molar-refractivity contribution in [3.63, 3.8) is 0 Å². The van der Waals surface area contributed by atoms with Crippen molar-refractivity contribution in [1.29, 1.82) is 0 Å². The fourth-order valence-electron chi connectivity index (χ4n) is 3.20. The summed E-state index contributed by atoms with van der Waals surface area (Å²) in [5, 5.41) is 13.2. The summed E-state index contributed by atoms with van der Waals surface area (Å²) in [7, 11) is 0. The van der Waals surface area contributed by atoms with Crippen LogP contribution in [0.15, 0.2) is 55.4 Å². The molecule has 0 spiro atoms. The molecule has 0 saturated heterocycles. The van der Waals surface area contributed by atoms with Crippen LogP contribution in [0.4, 0.5) is 4.79 Å². The van der Waals surface area contributed by atoms with Crippen LogP contribution in [0.3, 0.4) is 0 Å². The van der Waals surface area contributed by atoms with Crippen molar-refractivity contribution in [1.82, 2.24) is 29.6 Å². The van der Waals surface area contributed by atoms with E-state index >= 15 is 0 Å². The monoisotopic (exact) mass is 392 g/mol. The van der Waals surface area contributed by atoms with Crippen LogP contribution in [0.5, 0.6) is 5.75 Å². The zero-order chi connectivity index (χ0) is 20.2. The lowest BCUT2D eigenvalue weighted by Crippen LogP contribution is -2.37. The second kappa shape index (κ2) is 8.09. The highest BCUT2D eigenvalue weighted by Crippen LogP contribution is 2.26. The highest BCUT2D eigenvalue weighted by atomic mass is 16.5. The first-order chi connectivity index (χ1) is 14.1. The summed E-state index contributed by atoms with van der Waals surface area (Å²) in [6, 6.07) is 7.52. The van der Waals surface area contributed by atoms with Gasteiger partial charge in [-0.1, -0.05) is 13.0 Å². The molecule has 0 bridgehead atoms. The lowest BCUT2D eigenvalue weighted by Gasteiger charge is -2.28. The number of hydrogen-bond donors (Lipinski definition) is 1. The van der Waals surface area contributed by atoms with E-state index < -0.39 is 6.09 Å². The molecule has 0 saturated carbocycles. The maximum absolute atomic E-state index is 11.1. The molecule has 0 aliphatic carbocycles. The minimum Gasteiger partial charge on any atom is -0.487 e. The number of ether oxygens (including phenoxy) is 1. The molecule has 1 N–H and O–H groups in total. The molecule has 1 aliphatic rings. The average molecular weight is 392 g/mol. The number of hydrogen-bond acceptors (Lipinski definition) is 6. The molecule has 0 fully saturated rings. The van der Waals surface area contributed by atoms with Gasteiger partial charge in [-0.25, -0.2) is 14.5 Å². The molecular weight excluding hydrogens is 372 g/mol. The van der Waals surface area contributed by atoms with Gasteiger partial charge < -0.3 is 14.7 Å². The smallest absolute Gasteiger partial charge is 0.407 e. The molecule has 2 aromatic heterocycles. The van der Waals surface area contributed by atoms with Crippen molar-refractivity contribution in [2.45, 2.75) is 13.5 Å². The molecule has 148 valence electrons. The number of carboxylic acid groups (broad SMARTS) is 1. The number of rotatable bonds is 5.